The van der Waals surface area contributed by atoms with Gasteiger partial charge in [-0.25, -0.2) is 13.2 Å². The van der Waals surface area contributed by atoms with Gasteiger partial charge in [0.15, 0.2) is 9.84 Å². The summed E-state index contributed by atoms with van der Waals surface area (Å²) in [7, 11) is -3.18. The lowest BCUT2D eigenvalue weighted by Crippen LogP contribution is -2.48. The standard InChI is InChI=1S/C11H16N2O5S/c14-10(15)8-1-4-13(5-2-8)11(16)12-9-3-6-19(17,18)7-9/h3,6,8-9H,1-2,4-5,7H2,(H,12,16)(H,14,15). The summed E-state index contributed by atoms with van der Waals surface area (Å²) in [5.41, 5.74) is 0. The number of hydrogen-bond donors (Lipinski definition) is 2. The number of sulfone groups is 1. The number of carboxylic acid groups (broad SMARTS) is 1. The molecular weight excluding hydrogens is 272 g/mol. The number of carbonyl (C=O) groups excluding carboxylic acids is 1. The third-order valence-corrected chi connectivity index (χ3v) is 4.77. The van der Waals surface area contributed by atoms with Crippen molar-refractivity contribution in [3.8, 4) is 0 Å². The highest BCUT2D eigenvalue weighted by molar-refractivity contribution is 7.94. The van der Waals surface area contributed by atoms with Gasteiger partial charge in [-0.1, -0.05) is 0 Å². The van der Waals surface area contributed by atoms with Crippen LogP contribution in [-0.4, -0.2) is 55.3 Å². The molecule has 1 fully saturated rings. The molecule has 2 amide bonds. The van der Waals surface area contributed by atoms with E-state index in [9.17, 15) is 18.0 Å². The quantitative estimate of drug-likeness (QED) is 0.732. The topological polar surface area (TPSA) is 104 Å². The molecule has 106 valence electrons. The second kappa shape index (κ2) is 5.20. The summed E-state index contributed by atoms with van der Waals surface area (Å²) >= 11 is 0. The zero-order valence-corrected chi connectivity index (χ0v) is 11.1. The molecule has 2 rings (SSSR count). The van der Waals surface area contributed by atoms with E-state index in [-0.39, 0.29) is 11.8 Å². The Balaban J connectivity index is 1.83. The summed E-state index contributed by atoms with van der Waals surface area (Å²) in [6.07, 6.45) is 2.32. The lowest BCUT2D eigenvalue weighted by molar-refractivity contribution is -0.143. The van der Waals surface area contributed by atoms with Crippen molar-refractivity contribution in [2.75, 3.05) is 18.8 Å². The van der Waals surface area contributed by atoms with Crippen molar-refractivity contribution in [2.24, 2.45) is 5.92 Å². The summed E-state index contributed by atoms with van der Waals surface area (Å²) in [5, 5.41) is 12.6. The fourth-order valence-electron chi connectivity index (χ4n) is 2.25. The molecule has 7 nitrogen and oxygen atoms in total. The van der Waals surface area contributed by atoms with Crippen molar-refractivity contribution in [3.05, 3.63) is 11.5 Å². The molecular formula is C11H16N2O5S. The molecule has 1 atom stereocenters. The molecule has 1 unspecified atom stereocenters. The highest BCUT2D eigenvalue weighted by Gasteiger charge is 2.29. The van der Waals surface area contributed by atoms with Crippen LogP contribution in [0.5, 0.6) is 0 Å². The molecule has 19 heavy (non-hydrogen) atoms. The van der Waals surface area contributed by atoms with Gasteiger partial charge >= 0.3 is 12.0 Å². The van der Waals surface area contributed by atoms with E-state index in [0.717, 1.165) is 5.41 Å². The van der Waals surface area contributed by atoms with Crippen LogP contribution >= 0.6 is 0 Å². The van der Waals surface area contributed by atoms with Crippen molar-refractivity contribution in [1.82, 2.24) is 10.2 Å². The maximum atomic E-state index is 11.9. The van der Waals surface area contributed by atoms with Gasteiger partial charge in [0, 0.05) is 18.5 Å². The van der Waals surface area contributed by atoms with Crippen molar-refractivity contribution in [1.29, 1.82) is 0 Å². The van der Waals surface area contributed by atoms with Gasteiger partial charge < -0.3 is 15.3 Å². The number of urea groups is 1. The average Bonchev–Trinajstić information content (AvgIpc) is 2.68. The van der Waals surface area contributed by atoms with Crippen LogP contribution in [-0.2, 0) is 14.6 Å². The van der Waals surface area contributed by atoms with Crippen molar-refractivity contribution < 1.29 is 23.1 Å². The van der Waals surface area contributed by atoms with Crippen LogP contribution in [0.25, 0.3) is 0 Å². The third kappa shape index (κ3) is 3.46. The molecule has 2 N–H and O–H groups in total. The van der Waals surface area contributed by atoms with E-state index in [4.69, 9.17) is 5.11 Å². The number of carbonyl (C=O) groups is 2. The molecule has 2 aliphatic heterocycles. The largest absolute Gasteiger partial charge is 0.481 e. The number of aliphatic carboxylic acids is 1. The summed E-state index contributed by atoms with van der Waals surface area (Å²) in [6, 6.07) is -0.828. The van der Waals surface area contributed by atoms with E-state index in [1.165, 1.54) is 11.0 Å². The van der Waals surface area contributed by atoms with Gasteiger partial charge in [0.05, 0.1) is 17.7 Å². The SMILES string of the molecule is O=C(O)C1CCN(C(=O)NC2C=CS(=O)(=O)C2)CC1. The number of carboxylic acids is 1. The highest BCUT2D eigenvalue weighted by Crippen LogP contribution is 2.17. The smallest absolute Gasteiger partial charge is 0.317 e. The minimum Gasteiger partial charge on any atom is -0.481 e. The van der Waals surface area contributed by atoms with Gasteiger partial charge in [0.25, 0.3) is 0 Å². The summed E-state index contributed by atoms with van der Waals surface area (Å²) in [4.78, 5) is 24.2. The number of hydrogen-bond acceptors (Lipinski definition) is 4. The number of piperidine rings is 1. The van der Waals surface area contributed by atoms with E-state index in [1.807, 2.05) is 0 Å². The molecule has 0 aromatic heterocycles. The van der Waals surface area contributed by atoms with E-state index in [0.29, 0.717) is 25.9 Å². The van der Waals surface area contributed by atoms with Gasteiger partial charge in [0.2, 0.25) is 0 Å². The lowest BCUT2D eigenvalue weighted by Gasteiger charge is -2.30. The predicted octanol–water partition coefficient (Wildman–Crippen LogP) is -0.197. The normalized spacial score (nSPS) is 26.3. The van der Waals surface area contributed by atoms with Crippen LogP contribution in [0.4, 0.5) is 4.79 Å². The fourth-order valence-corrected chi connectivity index (χ4v) is 3.48. The second-order valence-electron chi connectivity index (χ2n) is 4.81. The summed E-state index contributed by atoms with van der Waals surface area (Å²) in [5.74, 6) is -1.33. The number of nitrogens with one attached hydrogen (secondary N) is 1. The Morgan fingerprint density at radius 3 is 2.37 bits per heavy atom. The maximum Gasteiger partial charge on any atom is 0.317 e. The zero-order valence-electron chi connectivity index (χ0n) is 10.3. The second-order valence-corrected chi connectivity index (χ2v) is 6.74. The van der Waals surface area contributed by atoms with Crippen LogP contribution in [0.1, 0.15) is 12.8 Å². The monoisotopic (exact) mass is 288 g/mol. The molecule has 0 saturated carbocycles. The summed E-state index contributed by atoms with van der Waals surface area (Å²) in [6.45, 7) is 0.762. The van der Waals surface area contributed by atoms with Crippen LogP contribution in [0.2, 0.25) is 0 Å². The van der Waals surface area contributed by atoms with Crippen LogP contribution in [0, 0.1) is 5.92 Å². The van der Waals surface area contributed by atoms with Gasteiger partial charge in [-0.05, 0) is 18.9 Å². The van der Waals surface area contributed by atoms with Crippen LogP contribution in [0.15, 0.2) is 11.5 Å². The van der Waals surface area contributed by atoms with E-state index in [1.54, 1.807) is 0 Å². The maximum absolute atomic E-state index is 11.9. The molecule has 2 aliphatic rings. The Morgan fingerprint density at radius 2 is 1.89 bits per heavy atom. The van der Waals surface area contributed by atoms with E-state index >= 15 is 0 Å². The molecule has 0 bridgehead atoms. The predicted molar refractivity (Wildman–Crippen MR) is 67.2 cm³/mol. The van der Waals surface area contributed by atoms with Crippen molar-refractivity contribution >= 4 is 21.8 Å². The molecule has 2 heterocycles. The molecule has 8 heteroatoms. The van der Waals surface area contributed by atoms with Crippen LogP contribution < -0.4 is 5.32 Å². The zero-order chi connectivity index (χ0) is 14.0. The summed E-state index contributed by atoms with van der Waals surface area (Å²) < 4.78 is 22.4. The Bertz CT molecular complexity index is 505. The minimum atomic E-state index is -3.18. The van der Waals surface area contributed by atoms with Gasteiger partial charge in [-0.2, -0.15) is 0 Å². The van der Waals surface area contributed by atoms with E-state index in [2.05, 4.69) is 5.32 Å². The third-order valence-electron chi connectivity index (χ3n) is 3.37. The molecule has 0 radical (unpaired) electrons. The lowest BCUT2D eigenvalue weighted by atomic mass is 9.97. The number of amides is 2. The first-order valence-corrected chi connectivity index (χ1v) is 7.78. The van der Waals surface area contributed by atoms with Gasteiger partial charge in [-0.3, -0.25) is 4.79 Å². The Morgan fingerprint density at radius 1 is 1.26 bits per heavy atom. The molecule has 0 aliphatic carbocycles. The number of rotatable bonds is 2. The van der Waals surface area contributed by atoms with E-state index < -0.39 is 27.8 Å². The molecule has 0 aromatic rings. The fraction of sp³-hybridized carbons (Fsp3) is 0.636. The molecule has 1 saturated heterocycles. The van der Waals surface area contributed by atoms with Crippen LogP contribution in [0.3, 0.4) is 0 Å². The highest BCUT2D eigenvalue weighted by atomic mass is 32.2. The average molecular weight is 288 g/mol. The first-order chi connectivity index (χ1) is 8.87. The van der Waals surface area contributed by atoms with Crippen molar-refractivity contribution in [3.63, 3.8) is 0 Å². The van der Waals surface area contributed by atoms with Gasteiger partial charge in [0.1, 0.15) is 0 Å². The minimum absolute atomic E-state index is 0.107. The first-order valence-electron chi connectivity index (χ1n) is 6.06. The molecule has 0 spiro atoms. The first kappa shape index (κ1) is 13.9. The van der Waals surface area contributed by atoms with Crippen molar-refractivity contribution in [2.45, 2.75) is 18.9 Å². The Hall–Kier alpha value is -1.57. The van der Waals surface area contributed by atoms with Gasteiger partial charge in [-0.15, -0.1) is 0 Å². The Labute approximate surface area is 111 Å². The number of nitrogens with zero attached hydrogens (tertiary/aromatic N) is 1. The number of likely N-dealkylation sites (tertiary alicyclic amines) is 1. The molecule has 0 aromatic carbocycles. The Kier molecular flexibility index (Phi) is 3.79.